The first-order valence-electron chi connectivity index (χ1n) is 8.46. The number of fused-ring (bicyclic) bond motifs is 5. The van der Waals surface area contributed by atoms with Crippen molar-refractivity contribution in [2.75, 3.05) is 14.2 Å². The highest BCUT2D eigenvalue weighted by atomic mass is 16.6. The quantitative estimate of drug-likeness (QED) is 0.256. The minimum absolute atomic E-state index is 0.0412. The molecular weight excluding hydrogens is 354 g/mol. The standard InChI is InChI=1S/C18H17N3O6/c1-26-13-7-14(27-2)12(21(24)25)6-11(13)8-19-20-17(22)15-9-3-4-10(5-9)16(15)18(20)23/h3-4,6-10,15-16H,5H2,1-2H3/b19-8-/t9-,10-,15-,16-/m0/s1. The highest BCUT2D eigenvalue weighted by Gasteiger charge is 2.59. The second-order valence-electron chi connectivity index (χ2n) is 6.76. The summed E-state index contributed by atoms with van der Waals surface area (Å²) in [7, 11) is 2.72. The van der Waals surface area contributed by atoms with E-state index in [1.54, 1.807) is 0 Å². The van der Waals surface area contributed by atoms with Gasteiger partial charge in [-0.3, -0.25) is 19.7 Å². The SMILES string of the molecule is COc1cc(OC)c([N+](=O)[O-])cc1/C=N\N1C(=O)[C@@H]2[C@@H](C1=O)[C@H]1C=C[C@H]2C1. The molecule has 4 atom stereocenters. The first kappa shape index (κ1) is 17.2. The van der Waals surface area contributed by atoms with Crippen LogP contribution < -0.4 is 9.47 Å². The fourth-order valence-electron chi connectivity index (χ4n) is 4.27. The van der Waals surface area contributed by atoms with Crippen molar-refractivity contribution in [2.24, 2.45) is 28.8 Å². The number of carbonyl (C=O) groups is 2. The molecule has 1 aliphatic heterocycles. The van der Waals surface area contributed by atoms with Crippen molar-refractivity contribution in [3.05, 3.63) is 40.0 Å². The van der Waals surface area contributed by atoms with E-state index in [4.69, 9.17) is 9.47 Å². The van der Waals surface area contributed by atoms with Crippen LogP contribution in [0.2, 0.25) is 0 Å². The smallest absolute Gasteiger partial charge is 0.311 e. The molecule has 3 aliphatic rings. The lowest BCUT2D eigenvalue weighted by atomic mass is 9.85. The Balaban J connectivity index is 1.65. The highest BCUT2D eigenvalue weighted by molar-refractivity contribution is 6.07. The maximum atomic E-state index is 12.6. The van der Waals surface area contributed by atoms with Gasteiger partial charge in [0.25, 0.3) is 11.8 Å². The van der Waals surface area contributed by atoms with Crippen LogP contribution in [-0.2, 0) is 9.59 Å². The van der Waals surface area contributed by atoms with Gasteiger partial charge in [0.05, 0.1) is 37.2 Å². The fraction of sp³-hybridized carbons (Fsp3) is 0.389. The number of ether oxygens (including phenoxy) is 2. The number of carbonyl (C=O) groups excluding carboxylic acids is 2. The Morgan fingerprint density at radius 2 is 1.70 bits per heavy atom. The molecule has 0 unspecified atom stereocenters. The van der Waals surface area contributed by atoms with Crippen LogP contribution in [-0.4, -0.2) is 42.2 Å². The van der Waals surface area contributed by atoms with E-state index in [0.717, 1.165) is 11.4 Å². The van der Waals surface area contributed by atoms with Crippen molar-refractivity contribution >= 4 is 23.7 Å². The van der Waals surface area contributed by atoms with Crippen molar-refractivity contribution in [3.8, 4) is 11.5 Å². The van der Waals surface area contributed by atoms with Crippen LogP contribution in [0.5, 0.6) is 11.5 Å². The monoisotopic (exact) mass is 371 g/mol. The van der Waals surface area contributed by atoms with Gasteiger partial charge in [0.1, 0.15) is 5.75 Å². The van der Waals surface area contributed by atoms with Crippen LogP contribution in [0.25, 0.3) is 0 Å². The van der Waals surface area contributed by atoms with E-state index in [0.29, 0.717) is 0 Å². The summed E-state index contributed by atoms with van der Waals surface area (Å²) in [5.74, 6) is -0.836. The van der Waals surface area contributed by atoms with Crippen molar-refractivity contribution < 1.29 is 24.0 Å². The number of methoxy groups -OCH3 is 2. The van der Waals surface area contributed by atoms with Gasteiger partial charge in [-0.25, -0.2) is 0 Å². The van der Waals surface area contributed by atoms with Gasteiger partial charge >= 0.3 is 5.69 Å². The van der Waals surface area contributed by atoms with Gasteiger partial charge in [-0.2, -0.15) is 10.1 Å². The molecular formula is C18H17N3O6. The first-order chi connectivity index (χ1) is 13.0. The lowest BCUT2D eigenvalue weighted by Crippen LogP contribution is -2.28. The lowest BCUT2D eigenvalue weighted by Gasteiger charge is -2.13. The van der Waals surface area contributed by atoms with Crippen LogP contribution >= 0.6 is 0 Å². The average Bonchev–Trinajstić information content (AvgIpc) is 3.34. The molecule has 2 fully saturated rings. The number of nitrogens with zero attached hydrogens (tertiary/aromatic N) is 3. The Morgan fingerprint density at radius 3 is 2.22 bits per heavy atom. The molecule has 1 aromatic carbocycles. The number of allylic oxidation sites excluding steroid dienone is 2. The lowest BCUT2D eigenvalue weighted by molar-refractivity contribution is -0.385. The number of hydrogen-bond donors (Lipinski definition) is 0. The Bertz CT molecular complexity index is 879. The molecule has 2 aliphatic carbocycles. The molecule has 4 rings (SSSR count). The third-order valence-electron chi connectivity index (χ3n) is 5.49. The van der Waals surface area contributed by atoms with Crippen molar-refractivity contribution in [3.63, 3.8) is 0 Å². The maximum Gasteiger partial charge on any atom is 0.311 e. The van der Waals surface area contributed by atoms with Gasteiger partial charge < -0.3 is 9.47 Å². The zero-order valence-corrected chi connectivity index (χ0v) is 14.7. The van der Waals surface area contributed by atoms with E-state index in [2.05, 4.69) is 5.10 Å². The van der Waals surface area contributed by atoms with Gasteiger partial charge in [-0.1, -0.05) is 12.2 Å². The molecule has 1 saturated heterocycles. The van der Waals surface area contributed by atoms with Crippen molar-refractivity contribution in [2.45, 2.75) is 6.42 Å². The number of hydrazone groups is 1. The topological polar surface area (TPSA) is 111 Å². The summed E-state index contributed by atoms with van der Waals surface area (Å²) in [6.07, 6.45) is 6.07. The largest absolute Gasteiger partial charge is 0.496 e. The minimum atomic E-state index is -0.588. The second kappa shape index (κ2) is 6.19. The number of nitro benzene ring substituents is 1. The van der Waals surface area contributed by atoms with E-state index in [-0.39, 0.29) is 58.2 Å². The molecule has 2 bridgehead atoms. The second-order valence-corrected chi connectivity index (χ2v) is 6.76. The first-order valence-corrected chi connectivity index (χ1v) is 8.46. The fourth-order valence-corrected chi connectivity index (χ4v) is 4.27. The number of amides is 2. The molecule has 9 heteroatoms. The molecule has 2 amide bonds. The summed E-state index contributed by atoms with van der Waals surface area (Å²) in [6.45, 7) is 0. The van der Waals surface area contributed by atoms with E-state index < -0.39 is 4.92 Å². The third-order valence-corrected chi connectivity index (χ3v) is 5.49. The van der Waals surface area contributed by atoms with Gasteiger partial charge in [-0.15, -0.1) is 0 Å². The highest BCUT2D eigenvalue weighted by Crippen LogP contribution is 2.52. The van der Waals surface area contributed by atoms with Crippen LogP contribution in [0, 0.1) is 33.8 Å². The zero-order valence-electron chi connectivity index (χ0n) is 14.7. The summed E-state index contributed by atoms with van der Waals surface area (Å²) in [5, 5.41) is 16.1. The van der Waals surface area contributed by atoms with E-state index in [9.17, 15) is 19.7 Å². The van der Waals surface area contributed by atoms with Crippen LogP contribution in [0.15, 0.2) is 29.4 Å². The number of nitro groups is 1. The van der Waals surface area contributed by atoms with E-state index >= 15 is 0 Å². The molecule has 1 heterocycles. The van der Waals surface area contributed by atoms with Crippen molar-refractivity contribution in [1.29, 1.82) is 0 Å². The average molecular weight is 371 g/mol. The molecule has 0 N–H and O–H groups in total. The Hall–Kier alpha value is -3.23. The summed E-state index contributed by atoms with van der Waals surface area (Å²) in [5.41, 5.74) is 0.00157. The number of hydrogen-bond acceptors (Lipinski definition) is 7. The van der Waals surface area contributed by atoms with E-state index in [1.807, 2.05) is 12.2 Å². The summed E-state index contributed by atoms with van der Waals surface area (Å²) >= 11 is 0. The van der Waals surface area contributed by atoms with Crippen LogP contribution in [0.4, 0.5) is 5.69 Å². The third kappa shape index (κ3) is 2.49. The van der Waals surface area contributed by atoms with Crippen LogP contribution in [0.1, 0.15) is 12.0 Å². The molecule has 140 valence electrons. The van der Waals surface area contributed by atoms with E-state index in [1.165, 1.54) is 32.6 Å². The normalized spacial score (nSPS) is 28.3. The minimum Gasteiger partial charge on any atom is -0.496 e. The molecule has 9 nitrogen and oxygen atoms in total. The van der Waals surface area contributed by atoms with Gasteiger partial charge in [0, 0.05) is 17.7 Å². The van der Waals surface area contributed by atoms with Gasteiger partial charge in [0.2, 0.25) is 5.75 Å². The van der Waals surface area contributed by atoms with Crippen LogP contribution in [0.3, 0.4) is 0 Å². The van der Waals surface area contributed by atoms with Crippen molar-refractivity contribution in [1.82, 2.24) is 5.01 Å². The number of benzene rings is 1. The zero-order chi connectivity index (χ0) is 19.3. The molecule has 0 aromatic heterocycles. The maximum absolute atomic E-state index is 12.6. The molecule has 1 saturated carbocycles. The number of rotatable bonds is 5. The molecule has 27 heavy (non-hydrogen) atoms. The summed E-state index contributed by atoms with van der Waals surface area (Å²) < 4.78 is 10.2. The predicted octanol–water partition coefficient (Wildman–Crippen LogP) is 1.75. The molecule has 0 spiro atoms. The molecule has 0 radical (unpaired) electrons. The number of imide groups is 1. The predicted molar refractivity (Wildman–Crippen MR) is 93.4 cm³/mol. The summed E-state index contributed by atoms with van der Waals surface area (Å²) in [6, 6.07) is 2.60. The molecule has 1 aromatic rings. The van der Waals surface area contributed by atoms with Gasteiger partial charge in [-0.05, 0) is 18.3 Å². The van der Waals surface area contributed by atoms with Gasteiger partial charge in [0.15, 0.2) is 0 Å². The Labute approximate surface area is 154 Å². The Kier molecular flexibility index (Phi) is 3.94. The summed E-state index contributed by atoms with van der Waals surface area (Å²) in [4.78, 5) is 35.9. The Morgan fingerprint density at radius 1 is 1.11 bits per heavy atom.